The van der Waals surface area contributed by atoms with Crippen molar-refractivity contribution >= 4 is 27.7 Å². The highest BCUT2D eigenvalue weighted by Crippen LogP contribution is 2.29. The molecule has 0 bridgehead atoms. The predicted octanol–water partition coefficient (Wildman–Crippen LogP) is 2.35. The van der Waals surface area contributed by atoms with Crippen LogP contribution in [0.3, 0.4) is 0 Å². The lowest BCUT2D eigenvalue weighted by Crippen LogP contribution is -2.32. The van der Waals surface area contributed by atoms with E-state index in [4.69, 9.17) is 14.0 Å². The Labute approximate surface area is 180 Å². The Morgan fingerprint density at radius 3 is 2.48 bits per heavy atom. The molecule has 1 aromatic carbocycles. The van der Waals surface area contributed by atoms with Crippen LogP contribution in [0.1, 0.15) is 41.8 Å². The number of carbonyl (C=O) groups is 2. The van der Waals surface area contributed by atoms with Crippen LogP contribution in [0, 0.1) is 6.92 Å². The first-order valence-corrected chi connectivity index (χ1v) is 11.3. The van der Waals surface area contributed by atoms with Crippen LogP contribution in [0.4, 0.5) is 5.82 Å². The van der Waals surface area contributed by atoms with Crippen molar-refractivity contribution in [3.63, 3.8) is 0 Å². The van der Waals surface area contributed by atoms with Gasteiger partial charge in [-0.05, 0) is 38.0 Å². The van der Waals surface area contributed by atoms with Gasteiger partial charge in [0.05, 0.1) is 12.7 Å². The van der Waals surface area contributed by atoms with Crippen LogP contribution >= 0.6 is 0 Å². The first-order chi connectivity index (χ1) is 14.8. The molecule has 0 unspecified atom stereocenters. The minimum Gasteiger partial charge on any atom is -0.495 e. The molecule has 0 atom stereocenters. The molecule has 0 aliphatic carbocycles. The van der Waals surface area contributed by atoms with Gasteiger partial charge in [-0.25, -0.2) is 13.2 Å². The van der Waals surface area contributed by atoms with E-state index in [-0.39, 0.29) is 22.0 Å². The molecule has 1 fully saturated rings. The molecule has 0 spiro atoms. The Morgan fingerprint density at radius 1 is 1.16 bits per heavy atom. The average molecular weight is 452 g/mol. The molecule has 1 aliphatic heterocycles. The van der Waals surface area contributed by atoms with Crippen molar-refractivity contribution in [3.8, 4) is 5.75 Å². The summed E-state index contributed by atoms with van der Waals surface area (Å²) in [7, 11) is -2.49. The van der Waals surface area contributed by atoms with Crippen LogP contribution < -0.4 is 10.1 Å². The molecule has 168 valence electrons. The van der Waals surface area contributed by atoms with Crippen molar-refractivity contribution < 1.29 is 32.0 Å². The van der Waals surface area contributed by atoms with Crippen molar-refractivity contribution in [1.29, 1.82) is 0 Å². The third-order valence-electron chi connectivity index (χ3n) is 4.81. The van der Waals surface area contributed by atoms with Gasteiger partial charge in [0.15, 0.2) is 12.4 Å². The Hall–Kier alpha value is -2.92. The van der Waals surface area contributed by atoms with Gasteiger partial charge in [0, 0.05) is 19.2 Å². The quantitative estimate of drug-likeness (QED) is 0.636. The molecule has 31 heavy (non-hydrogen) atoms. The number of methoxy groups -OCH3 is 1. The number of carbonyl (C=O) groups excluding carboxylic acids is 2. The molecule has 10 nitrogen and oxygen atoms in total. The molecule has 1 aromatic heterocycles. The summed E-state index contributed by atoms with van der Waals surface area (Å²) >= 11 is 0. The second-order valence-electron chi connectivity index (χ2n) is 7.13. The maximum Gasteiger partial charge on any atom is 0.338 e. The molecule has 1 aliphatic rings. The maximum atomic E-state index is 13.2. The zero-order valence-electron chi connectivity index (χ0n) is 17.4. The molecule has 0 radical (unpaired) electrons. The molecule has 1 saturated heterocycles. The Balaban J connectivity index is 1.72. The fraction of sp³-hybridized carbons (Fsp3) is 0.450. The van der Waals surface area contributed by atoms with Gasteiger partial charge in [0.2, 0.25) is 10.0 Å². The fourth-order valence-corrected chi connectivity index (χ4v) is 4.94. The van der Waals surface area contributed by atoms with E-state index in [1.54, 1.807) is 6.92 Å². The van der Waals surface area contributed by atoms with Crippen LogP contribution in [-0.2, 0) is 19.6 Å². The van der Waals surface area contributed by atoms with Crippen LogP contribution in [0.25, 0.3) is 0 Å². The van der Waals surface area contributed by atoms with Crippen molar-refractivity contribution in [1.82, 2.24) is 9.46 Å². The normalized spacial score (nSPS) is 15.2. The minimum atomic E-state index is -3.85. The molecule has 11 heteroatoms. The summed E-state index contributed by atoms with van der Waals surface area (Å²) in [5, 5.41) is 6.05. The third kappa shape index (κ3) is 5.61. The summed E-state index contributed by atoms with van der Waals surface area (Å²) in [6, 6.07) is 5.53. The summed E-state index contributed by atoms with van der Waals surface area (Å²) in [4.78, 5) is 24.3. The number of esters is 1. The van der Waals surface area contributed by atoms with Gasteiger partial charge >= 0.3 is 5.97 Å². The second-order valence-corrected chi connectivity index (χ2v) is 9.04. The van der Waals surface area contributed by atoms with E-state index in [0.717, 1.165) is 25.7 Å². The van der Waals surface area contributed by atoms with Crippen molar-refractivity contribution in [2.24, 2.45) is 0 Å². The highest BCUT2D eigenvalue weighted by Gasteiger charge is 2.29. The van der Waals surface area contributed by atoms with Crippen molar-refractivity contribution in [2.75, 3.05) is 32.1 Å². The number of hydrogen-bond acceptors (Lipinski definition) is 8. The number of nitrogens with zero attached hydrogens (tertiary/aromatic N) is 2. The summed E-state index contributed by atoms with van der Waals surface area (Å²) in [6.07, 6.45) is 3.52. The summed E-state index contributed by atoms with van der Waals surface area (Å²) in [6.45, 7) is 1.94. The van der Waals surface area contributed by atoms with Crippen molar-refractivity contribution in [3.05, 3.63) is 35.6 Å². The largest absolute Gasteiger partial charge is 0.495 e. The number of sulfonamides is 1. The van der Waals surface area contributed by atoms with Gasteiger partial charge in [-0.3, -0.25) is 4.79 Å². The second kappa shape index (κ2) is 9.92. The highest BCUT2D eigenvalue weighted by atomic mass is 32.2. The first kappa shape index (κ1) is 22.8. The van der Waals surface area contributed by atoms with E-state index in [1.165, 1.54) is 35.7 Å². The lowest BCUT2D eigenvalue weighted by molar-refractivity contribution is -0.119. The number of aromatic nitrogens is 1. The van der Waals surface area contributed by atoms with Gasteiger partial charge in [-0.1, -0.05) is 18.0 Å². The predicted molar refractivity (Wildman–Crippen MR) is 110 cm³/mol. The van der Waals surface area contributed by atoms with Gasteiger partial charge in [-0.2, -0.15) is 4.31 Å². The smallest absolute Gasteiger partial charge is 0.338 e. The summed E-state index contributed by atoms with van der Waals surface area (Å²) in [5.41, 5.74) is -0.000669. The van der Waals surface area contributed by atoms with Gasteiger partial charge in [0.1, 0.15) is 16.4 Å². The van der Waals surface area contributed by atoms with E-state index in [1.807, 2.05) is 0 Å². The molecule has 1 amide bonds. The molecular formula is C20H25N3O7S. The third-order valence-corrected chi connectivity index (χ3v) is 6.73. The number of anilines is 1. The average Bonchev–Trinajstić information content (AvgIpc) is 2.98. The summed E-state index contributed by atoms with van der Waals surface area (Å²) in [5.74, 6) is -0.577. The van der Waals surface area contributed by atoms with E-state index in [9.17, 15) is 18.0 Å². The SMILES string of the molecule is COc1ccc(C(=O)OCC(=O)Nc2cc(C)on2)cc1S(=O)(=O)N1CCCCCC1. The fourth-order valence-electron chi connectivity index (χ4n) is 3.25. The molecule has 2 aromatic rings. The van der Waals surface area contributed by atoms with Crippen LogP contribution in [0.5, 0.6) is 5.75 Å². The molecule has 3 rings (SSSR count). The Morgan fingerprint density at radius 2 is 1.87 bits per heavy atom. The van der Waals surface area contributed by atoms with E-state index < -0.39 is 28.5 Å². The van der Waals surface area contributed by atoms with E-state index >= 15 is 0 Å². The number of hydrogen-bond donors (Lipinski definition) is 1. The zero-order chi connectivity index (χ0) is 22.4. The van der Waals surface area contributed by atoms with Gasteiger partial charge in [-0.15, -0.1) is 0 Å². The Kier molecular flexibility index (Phi) is 7.29. The number of aryl methyl sites for hydroxylation is 1. The van der Waals surface area contributed by atoms with Crippen molar-refractivity contribution in [2.45, 2.75) is 37.5 Å². The summed E-state index contributed by atoms with van der Waals surface area (Å²) < 4.78 is 42.9. The number of ether oxygens (including phenoxy) is 2. The molecule has 1 N–H and O–H groups in total. The van der Waals surface area contributed by atoms with Gasteiger partial charge < -0.3 is 19.3 Å². The van der Waals surface area contributed by atoms with Gasteiger partial charge in [0.25, 0.3) is 5.91 Å². The van der Waals surface area contributed by atoms with E-state index in [0.29, 0.717) is 18.8 Å². The maximum absolute atomic E-state index is 13.2. The number of amides is 1. The lowest BCUT2D eigenvalue weighted by atomic mass is 10.2. The van der Waals surface area contributed by atoms with Crippen LogP contribution in [0.2, 0.25) is 0 Å². The molecular weight excluding hydrogens is 426 g/mol. The molecule has 2 heterocycles. The van der Waals surface area contributed by atoms with Crippen LogP contribution in [0.15, 0.2) is 33.7 Å². The number of benzene rings is 1. The highest BCUT2D eigenvalue weighted by molar-refractivity contribution is 7.89. The standard InChI is InChI=1S/C20H25N3O7S/c1-14-11-18(22-30-14)21-19(24)13-29-20(25)15-7-8-16(28-2)17(12-15)31(26,27)23-9-5-3-4-6-10-23/h7-8,11-12H,3-6,9-10,13H2,1-2H3,(H,21,22,24). The van der Waals surface area contributed by atoms with Crippen LogP contribution in [-0.4, -0.2) is 56.6 Å². The number of rotatable bonds is 7. The lowest BCUT2D eigenvalue weighted by Gasteiger charge is -2.21. The monoisotopic (exact) mass is 451 g/mol. The zero-order valence-corrected chi connectivity index (χ0v) is 18.2. The first-order valence-electron chi connectivity index (χ1n) is 9.90. The number of nitrogens with one attached hydrogen (secondary N) is 1. The van der Waals surface area contributed by atoms with E-state index in [2.05, 4.69) is 10.5 Å². The Bertz CT molecular complexity index is 1040. The topological polar surface area (TPSA) is 128 Å². The minimum absolute atomic E-state index is 0.000669. The molecule has 0 saturated carbocycles.